The second-order valence-corrected chi connectivity index (χ2v) is 15.9. The highest BCUT2D eigenvalue weighted by Gasteiger charge is 2.48. The van der Waals surface area contributed by atoms with Crippen molar-refractivity contribution >= 4 is 30.3 Å². The van der Waals surface area contributed by atoms with Crippen molar-refractivity contribution < 1.29 is 33.5 Å². The lowest BCUT2D eigenvalue weighted by Crippen LogP contribution is -2.59. The summed E-state index contributed by atoms with van der Waals surface area (Å²) in [4.78, 5) is 62.1. The monoisotopic (exact) mass is 747 g/mol. The average molecular weight is 748 g/mol. The van der Waals surface area contributed by atoms with Crippen molar-refractivity contribution in [2.75, 3.05) is 13.1 Å². The summed E-state index contributed by atoms with van der Waals surface area (Å²) in [7, 11) is 0. The van der Waals surface area contributed by atoms with Crippen molar-refractivity contribution in [3.8, 4) is 0 Å². The van der Waals surface area contributed by atoms with Gasteiger partial charge < -0.3 is 26.2 Å². The molecule has 5 N–H and O–H groups in total. The van der Waals surface area contributed by atoms with Crippen LogP contribution in [0.15, 0.2) is 77.6 Å². The number of primary amides is 1. The summed E-state index contributed by atoms with van der Waals surface area (Å²) in [5, 5.41) is 12.0. The molecule has 0 bridgehead atoms. The molecule has 5 amide bonds. The summed E-state index contributed by atoms with van der Waals surface area (Å²) in [6.45, 7) is 13.8. The smallest absolute Gasteiger partial charge is 0.432 e. The molecule has 12 nitrogen and oxygen atoms in total. The van der Waals surface area contributed by atoms with Crippen LogP contribution in [0, 0.1) is 5.92 Å². The highest BCUT2D eigenvalue weighted by Crippen LogP contribution is 2.29. The Balaban J connectivity index is 1.92. The molecule has 0 saturated carbocycles. The van der Waals surface area contributed by atoms with Crippen molar-refractivity contribution in [2.24, 2.45) is 22.4 Å². The number of carbonyl (C=O) groups excluding carboxylic acids is 4. The van der Waals surface area contributed by atoms with Crippen LogP contribution in [0.4, 0.5) is 9.59 Å². The lowest BCUT2D eigenvalue weighted by atomic mass is 9.95. The largest absolute Gasteiger partial charge is 0.444 e. The molecular formula is C42H63N6O6+. The number of urea groups is 1. The van der Waals surface area contributed by atoms with Crippen LogP contribution in [0.3, 0.4) is 0 Å². The predicted octanol–water partition coefficient (Wildman–Crippen LogP) is 6.30. The number of nitrogens with zero attached hydrogens (tertiary/aromatic N) is 4. The predicted molar refractivity (Wildman–Crippen MR) is 212 cm³/mol. The molecule has 0 aromatic heterocycles. The Morgan fingerprint density at radius 3 is 2.09 bits per heavy atom. The normalized spacial score (nSPS) is 17.7. The number of rotatable bonds is 19. The van der Waals surface area contributed by atoms with Crippen molar-refractivity contribution in [2.45, 2.75) is 130 Å². The van der Waals surface area contributed by atoms with Gasteiger partial charge in [0.15, 0.2) is 0 Å². The standard InChI is InChI=1S/C42H62N6O6/c1-8-9-16-23-46(38(50)22-21-32-17-12-10-13-18-32)27-37(49)36(24-30(2)3)47(41(53)54-42(5,6)7)31(4)25-34-28-48(29-45-34,40(44)52)39(51)35(43)26-33-19-14-11-15-20-33/h10-15,17-20,28-31,35-37,49H,8-9,16,21-27,43H2,1-7H3,(H-,44,52)/p+1/t31-,35+,36?,37+,48?/m1/s1. The summed E-state index contributed by atoms with van der Waals surface area (Å²) in [5.41, 5.74) is 13.5. The van der Waals surface area contributed by atoms with Crippen molar-refractivity contribution in [3.05, 3.63) is 83.7 Å². The number of ether oxygens (including phenoxy) is 1. The number of aliphatic hydroxyl groups excluding tert-OH is 1. The second-order valence-electron chi connectivity index (χ2n) is 15.9. The first-order valence-corrected chi connectivity index (χ1v) is 19.3. The van der Waals surface area contributed by atoms with E-state index in [-0.39, 0.29) is 31.2 Å². The molecule has 12 heteroatoms. The Bertz CT molecular complexity index is 1590. The number of aliphatic imine (C=N–C) groups is 1. The molecule has 2 unspecified atom stereocenters. The molecular weight excluding hydrogens is 684 g/mol. The molecule has 0 spiro atoms. The van der Waals surface area contributed by atoms with Gasteiger partial charge in [-0.2, -0.15) is 0 Å². The van der Waals surface area contributed by atoms with Gasteiger partial charge in [0.25, 0.3) is 0 Å². The Labute approximate surface area is 321 Å². The van der Waals surface area contributed by atoms with E-state index in [1.807, 2.05) is 81.4 Å². The minimum Gasteiger partial charge on any atom is -0.444 e. The van der Waals surface area contributed by atoms with Gasteiger partial charge in [-0.3, -0.25) is 9.69 Å². The number of hydrogen-bond donors (Lipinski definition) is 3. The van der Waals surface area contributed by atoms with Gasteiger partial charge in [0.1, 0.15) is 23.5 Å². The van der Waals surface area contributed by atoms with Gasteiger partial charge in [-0.25, -0.2) is 19.4 Å². The van der Waals surface area contributed by atoms with E-state index in [9.17, 15) is 24.3 Å². The van der Waals surface area contributed by atoms with E-state index in [1.165, 1.54) is 17.4 Å². The lowest BCUT2D eigenvalue weighted by molar-refractivity contribution is -0.606. The Morgan fingerprint density at radius 2 is 1.54 bits per heavy atom. The number of nitrogens with two attached hydrogens (primary N) is 2. The number of unbranched alkanes of at least 4 members (excludes halogenated alkanes) is 2. The number of hydrogen-bond acceptors (Lipinski definition) is 8. The average Bonchev–Trinajstić information content (AvgIpc) is 3.54. The van der Waals surface area contributed by atoms with E-state index in [0.29, 0.717) is 31.5 Å². The third-order valence-corrected chi connectivity index (χ3v) is 9.46. The Morgan fingerprint density at radius 1 is 0.926 bits per heavy atom. The van der Waals surface area contributed by atoms with Crippen molar-refractivity contribution in [3.63, 3.8) is 0 Å². The zero-order valence-corrected chi connectivity index (χ0v) is 33.3. The van der Waals surface area contributed by atoms with Gasteiger partial charge >= 0.3 is 18.0 Å². The maximum atomic E-state index is 14.1. The molecule has 1 heterocycles. The fourth-order valence-electron chi connectivity index (χ4n) is 6.72. The highest BCUT2D eigenvalue weighted by atomic mass is 16.6. The van der Waals surface area contributed by atoms with Crippen LogP contribution in [0.2, 0.25) is 0 Å². The van der Waals surface area contributed by atoms with Crippen molar-refractivity contribution in [1.82, 2.24) is 9.80 Å². The molecule has 2 aromatic rings. The maximum Gasteiger partial charge on any atom is 0.432 e. The molecule has 0 saturated heterocycles. The van der Waals surface area contributed by atoms with E-state index in [4.69, 9.17) is 16.2 Å². The molecule has 2 aromatic carbocycles. The fourth-order valence-corrected chi connectivity index (χ4v) is 6.72. The lowest BCUT2D eigenvalue weighted by Gasteiger charge is -2.41. The van der Waals surface area contributed by atoms with Gasteiger partial charge in [-0.05, 0) is 64.0 Å². The summed E-state index contributed by atoms with van der Waals surface area (Å²) in [6, 6.07) is 15.7. The molecule has 3 rings (SSSR count). The third-order valence-electron chi connectivity index (χ3n) is 9.46. The number of quaternary nitrogens is 1. The van der Waals surface area contributed by atoms with Crippen LogP contribution in [0.1, 0.15) is 98.1 Å². The van der Waals surface area contributed by atoms with E-state index in [2.05, 4.69) is 11.9 Å². The summed E-state index contributed by atoms with van der Waals surface area (Å²) in [6.07, 6.45) is 5.15. The van der Waals surface area contributed by atoms with Crippen LogP contribution < -0.4 is 11.5 Å². The minimum absolute atomic E-state index is 0.0388. The molecule has 1 aliphatic heterocycles. The maximum absolute atomic E-state index is 14.1. The SMILES string of the molecule is CCCCCN(C[C@H](O)C(CC(C)C)N(C(=O)OC(C)(C)C)[C@H](C)CC1=C[N+](C(N)=O)(C(=O)[C@@H](N)Cc2ccccc2)C=N1)C(=O)CCc1ccccc1. The van der Waals surface area contributed by atoms with E-state index < -0.39 is 52.3 Å². The molecule has 5 atom stereocenters. The quantitative estimate of drug-likeness (QED) is 0.112. The van der Waals surface area contributed by atoms with E-state index >= 15 is 0 Å². The van der Waals surface area contributed by atoms with Crippen LogP contribution in [-0.2, 0) is 27.2 Å². The molecule has 54 heavy (non-hydrogen) atoms. The van der Waals surface area contributed by atoms with Gasteiger partial charge in [0.05, 0.1) is 12.1 Å². The number of amides is 5. The van der Waals surface area contributed by atoms with Crippen LogP contribution in [0.5, 0.6) is 0 Å². The fraction of sp³-hybridized carbons (Fsp3) is 0.548. The molecule has 1 aliphatic rings. The number of benzene rings is 2. The van der Waals surface area contributed by atoms with E-state index in [1.54, 1.807) is 25.7 Å². The van der Waals surface area contributed by atoms with Crippen LogP contribution >= 0.6 is 0 Å². The zero-order chi connectivity index (χ0) is 40.1. The molecule has 0 aliphatic carbocycles. The summed E-state index contributed by atoms with van der Waals surface area (Å²) in [5.74, 6) is -0.624. The van der Waals surface area contributed by atoms with Gasteiger partial charge in [-0.15, -0.1) is 4.48 Å². The topological polar surface area (TPSA) is 169 Å². The number of imide groups is 1. The summed E-state index contributed by atoms with van der Waals surface area (Å²) >= 11 is 0. The number of carbonyl (C=O) groups is 4. The first kappa shape index (κ1) is 44.0. The number of aryl methyl sites for hydroxylation is 1. The van der Waals surface area contributed by atoms with E-state index in [0.717, 1.165) is 30.4 Å². The van der Waals surface area contributed by atoms with Gasteiger partial charge in [0.2, 0.25) is 12.2 Å². The Kier molecular flexibility index (Phi) is 16.6. The highest BCUT2D eigenvalue weighted by molar-refractivity contribution is 5.95. The second kappa shape index (κ2) is 20.3. The zero-order valence-electron chi connectivity index (χ0n) is 33.3. The first-order chi connectivity index (χ1) is 25.5. The van der Waals surface area contributed by atoms with Crippen molar-refractivity contribution in [1.29, 1.82) is 0 Å². The van der Waals surface area contributed by atoms with Crippen LogP contribution in [-0.4, -0.2) is 92.6 Å². The van der Waals surface area contributed by atoms with Crippen LogP contribution in [0.25, 0.3) is 0 Å². The van der Waals surface area contributed by atoms with Gasteiger partial charge in [0, 0.05) is 38.4 Å². The van der Waals surface area contributed by atoms with Gasteiger partial charge in [-0.1, -0.05) is 94.3 Å². The summed E-state index contributed by atoms with van der Waals surface area (Å²) < 4.78 is 4.92. The molecule has 0 fully saturated rings. The molecule has 0 radical (unpaired) electrons. The Hall–Kier alpha value is -4.39. The number of aliphatic hydroxyl groups is 1. The first-order valence-electron chi connectivity index (χ1n) is 19.3. The minimum atomic E-state index is -1.11. The molecule has 296 valence electrons. The third kappa shape index (κ3) is 12.9.